The van der Waals surface area contributed by atoms with E-state index in [1.54, 1.807) is 0 Å². The van der Waals surface area contributed by atoms with E-state index in [4.69, 9.17) is 5.73 Å². The lowest BCUT2D eigenvalue weighted by Gasteiger charge is -2.16. The second kappa shape index (κ2) is 6.74. The Labute approximate surface area is 132 Å². The number of nitrogens with zero attached hydrogens (tertiary/aromatic N) is 1. The highest BCUT2D eigenvalue weighted by Crippen LogP contribution is 2.27. The van der Waals surface area contributed by atoms with Gasteiger partial charge in [0.05, 0.1) is 5.69 Å². The molecule has 0 bridgehead atoms. The lowest BCUT2D eigenvalue weighted by atomic mass is 9.95. The molecule has 0 unspecified atom stereocenters. The van der Waals surface area contributed by atoms with E-state index < -0.39 is 11.6 Å². The Morgan fingerprint density at radius 1 is 1.10 bits per heavy atom. The number of aromatic nitrogens is 1. The van der Waals surface area contributed by atoms with Crippen molar-refractivity contribution >= 4 is 31.9 Å². The maximum atomic E-state index is 13.2. The van der Waals surface area contributed by atoms with Crippen LogP contribution in [0.1, 0.15) is 17.2 Å². The molecule has 0 aliphatic carbocycles. The van der Waals surface area contributed by atoms with E-state index >= 15 is 0 Å². The summed E-state index contributed by atoms with van der Waals surface area (Å²) >= 11 is 6.74. The molecule has 0 saturated carbocycles. The quantitative estimate of drug-likeness (QED) is 0.775. The van der Waals surface area contributed by atoms with Crippen molar-refractivity contribution in [2.75, 3.05) is 6.54 Å². The van der Waals surface area contributed by atoms with E-state index in [-0.39, 0.29) is 5.92 Å². The summed E-state index contributed by atoms with van der Waals surface area (Å²) in [5.41, 5.74) is 7.12. The van der Waals surface area contributed by atoms with Crippen LogP contribution in [0.4, 0.5) is 8.78 Å². The van der Waals surface area contributed by atoms with Gasteiger partial charge < -0.3 is 5.73 Å². The molecule has 0 radical (unpaired) electrons. The Balaban J connectivity index is 2.31. The first kappa shape index (κ1) is 15.5. The molecule has 0 aliphatic rings. The van der Waals surface area contributed by atoms with Crippen molar-refractivity contribution in [1.29, 1.82) is 0 Å². The molecule has 2 N–H and O–H groups in total. The number of rotatable bonds is 4. The van der Waals surface area contributed by atoms with Gasteiger partial charge in [-0.25, -0.2) is 13.8 Å². The second-order valence-electron chi connectivity index (χ2n) is 4.42. The summed E-state index contributed by atoms with van der Waals surface area (Å²) in [5, 5.41) is 0. The molecule has 1 aromatic heterocycles. The Morgan fingerprint density at radius 3 is 2.35 bits per heavy atom. The van der Waals surface area contributed by atoms with Gasteiger partial charge in [0.15, 0.2) is 0 Å². The second-order valence-corrected chi connectivity index (χ2v) is 6.08. The van der Waals surface area contributed by atoms with Crippen molar-refractivity contribution in [3.8, 4) is 0 Å². The fourth-order valence-electron chi connectivity index (χ4n) is 2.02. The number of pyridine rings is 1. The maximum absolute atomic E-state index is 13.2. The zero-order valence-electron chi connectivity index (χ0n) is 10.4. The van der Waals surface area contributed by atoms with E-state index in [1.165, 1.54) is 12.1 Å². The van der Waals surface area contributed by atoms with Crippen LogP contribution >= 0.6 is 31.9 Å². The van der Waals surface area contributed by atoms with E-state index in [0.29, 0.717) is 23.1 Å². The summed E-state index contributed by atoms with van der Waals surface area (Å²) in [5.74, 6) is -1.29. The molecule has 6 heteroatoms. The van der Waals surface area contributed by atoms with Gasteiger partial charge in [-0.2, -0.15) is 0 Å². The molecule has 1 atom stereocenters. The third kappa shape index (κ3) is 3.84. The molecule has 0 saturated heterocycles. The minimum absolute atomic E-state index is 0.122. The Morgan fingerprint density at radius 2 is 1.75 bits per heavy atom. The lowest BCUT2D eigenvalue weighted by Crippen LogP contribution is -2.17. The number of nitrogens with two attached hydrogens (primary N) is 1. The van der Waals surface area contributed by atoms with Crippen LogP contribution in [-0.2, 0) is 6.42 Å². The first-order chi connectivity index (χ1) is 9.49. The van der Waals surface area contributed by atoms with E-state index in [2.05, 4.69) is 36.8 Å². The maximum Gasteiger partial charge on any atom is 0.126 e. The standard InChI is InChI=1S/C14H12Br2F2N2/c15-12-1-2-13(16)20-14(12)9(7-19)3-8-4-10(17)6-11(18)5-8/h1-2,4-6,9H,3,7,19H2/t9-/m1/s1. The highest BCUT2D eigenvalue weighted by Gasteiger charge is 2.17. The molecule has 0 spiro atoms. The average molecular weight is 406 g/mol. The van der Waals surface area contributed by atoms with Crippen LogP contribution in [0.15, 0.2) is 39.4 Å². The smallest absolute Gasteiger partial charge is 0.126 e. The van der Waals surface area contributed by atoms with Crippen LogP contribution in [0.5, 0.6) is 0 Å². The number of benzene rings is 1. The zero-order chi connectivity index (χ0) is 14.7. The monoisotopic (exact) mass is 404 g/mol. The first-order valence-electron chi connectivity index (χ1n) is 5.96. The van der Waals surface area contributed by atoms with Crippen molar-refractivity contribution < 1.29 is 8.78 Å². The SMILES string of the molecule is NC[C@@H](Cc1cc(F)cc(F)c1)c1nc(Br)ccc1Br. The summed E-state index contributed by atoms with van der Waals surface area (Å²) in [4.78, 5) is 4.39. The highest BCUT2D eigenvalue weighted by atomic mass is 79.9. The van der Waals surface area contributed by atoms with Gasteiger partial charge in [0, 0.05) is 23.0 Å². The predicted octanol–water partition coefficient (Wildman–Crippen LogP) is 4.17. The van der Waals surface area contributed by atoms with Crippen molar-refractivity contribution in [2.45, 2.75) is 12.3 Å². The van der Waals surface area contributed by atoms with E-state index in [9.17, 15) is 8.78 Å². The molecule has 2 aromatic rings. The van der Waals surface area contributed by atoms with E-state index in [0.717, 1.165) is 16.2 Å². The van der Waals surface area contributed by atoms with Crippen LogP contribution in [0, 0.1) is 11.6 Å². The topological polar surface area (TPSA) is 38.9 Å². The van der Waals surface area contributed by atoms with Gasteiger partial charge in [-0.1, -0.05) is 0 Å². The average Bonchev–Trinajstić information content (AvgIpc) is 2.38. The fourth-order valence-corrected chi connectivity index (χ4v) is 2.89. The van der Waals surface area contributed by atoms with Crippen LogP contribution in [0.25, 0.3) is 0 Å². The van der Waals surface area contributed by atoms with Gasteiger partial charge in [-0.3, -0.25) is 0 Å². The van der Waals surface area contributed by atoms with Crippen molar-refractivity contribution in [3.05, 3.63) is 62.3 Å². The largest absolute Gasteiger partial charge is 0.330 e. The van der Waals surface area contributed by atoms with Gasteiger partial charge >= 0.3 is 0 Å². The molecule has 106 valence electrons. The fraction of sp³-hybridized carbons (Fsp3) is 0.214. The summed E-state index contributed by atoms with van der Waals surface area (Å²) in [6.45, 7) is 0.334. The summed E-state index contributed by atoms with van der Waals surface area (Å²) in [7, 11) is 0. The highest BCUT2D eigenvalue weighted by molar-refractivity contribution is 9.11. The Hall–Kier alpha value is -0.850. The summed E-state index contributed by atoms with van der Waals surface area (Å²) in [6, 6.07) is 7.16. The molecular formula is C14H12Br2F2N2. The van der Waals surface area contributed by atoms with Crippen LogP contribution in [0.2, 0.25) is 0 Å². The van der Waals surface area contributed by atoms with Gasteiger partial charge in [0.1, 0.15) is 16.2 Å². The Bertz CT molecular complexity index is 600. The molecule has 1 aromatic carbocycles. The lowest BCUT2D eigenvalue weighted by molar-refractivity contribution is 0.574. The number of hydrogen-bond acceptors (Lipinski definition) is 2. The number of halogens is 4. The van der Waals surface area contributed by atoms with Crippen LogP contribution in [-0.4, -0.2) is 11.5 Å². The van der Waals surface area contributed by atoms with Crippen LogP contribution < -0.4 is 5.73 Å². The number of hydrogen-bond donors (Lipinski definition) is 1. The molecule has 20 heavy (non-hydrogen) atoms. The predicted molar refractivity (Wildman–Crippen MR) is 81.5 cm³/mol. The van der Waals surface area contributed by atoms with Gasteiger partial charge in [-0.05, 0) is 68.1 Å². The molecule has 0 amide bonds. The Kier molecular flexibility index (Phi) is 5.23. The zero-order valence-corrected chi connectivity index (χ0v) is 13.6. The van der Waals surface area contributed by atoms with Crippen molar-refractivity contribution in [3.63, 3.8) is 0 Å². The third-order valence-corrected chi connectivity index (χ3v) is 4.03. The summed E-state index contributed by atoms with van der Waals surface area (Å²) in [6.07, 6.45) is 0.424. The molecule has 0 fully saturated rings. The molecular weight excluding hydrogens is 394 g/mol. The molecule has 0 aliphatic heterocycles. The first-order valence-corrected chi connectivity index (χ1v) is 7.55. The van der Waals surface area contributed by atoms with Crippen LogP contribution in [0.3, 0.4) is 0 Å². The van der Waals surface area contributed by atoms with Gasteiger partial charge in [0.25, 0.3) is 0 Å². The van der Waals surface area contributed by atoms with Crippen molar-refractivity contribution in [2.24, 2.45) is 5.73 Å². The molecule has 2 rings (SSSR count). The molecule has 1 heterocycles. The van der Waals surface area contributed by atoms with E-state index in [1.807, 2.05) is 12.1 Å². The van der Waals surface area contributed by atoms with Gasteiger partial charge in [0.2, 0.25) is 0 Å². The normalized spacial score (nSPS) is 12.4. The molecule has 2 nitrogen and oxygen atoms in total. The minimum atomic E-state index is -0.586. The third-order valence-electron chi connectivity index (χ3n) is 2.91. The van der Waals surface area contributed by atoms with Crippen molar-refractivity contribution in [1.82, 2.24) is 4.98 Å². The summed E-state index contributed by atoms with van der Waals surface area (Å²) < 4.78 is 28.0. The van der Waals surface area contributed by atoms with Gasteiger partial charge in [-0.15, -0.1) is 0 Å². The minimum Gasteiger partial charge on any atom is -0.330 e.